The van der Waals surface area contributed by atoms with Crippen LogP contribution in [0.25, 0.3) is 5.69 Å². The van der Waals surface area contributed by atoms with Crippen LogP contribution in [-0.2, 0) is 19.4 Å². The zero-order chi connectivity index (χ0) is 14.7. The van der Waals surface area contributed by atoms with Gasteiger partial charge in [-0.25, -0.2) is 4.98 Å². The molecule has 1 aromatic heterocycles. The van der Waals surface area contributed by atoms with Gasteiger partial charge in [-0.15, -0.1) is 0 Å². The predicted octanol–water partition coefficient (Wildman–Crippen LogP) is 2.87. The number of fused-ring (bicyclic) bond motifs is 1. The van der Waals surface area contributed by atoms with Gasteiger partial charge in [0.25, 0.3) is 0 Å². The first kappa shape index (κ1) is 14.1. The van der Waals surface area contributed by atoms with Crippen molar-refractivity contribution in [2.75, 3.05) is 13.2 Å². The average Bonchev–Trinajstić information content (AvgIpc) is 2.87. The molecule has 0 saturated heterocycles. The minimum Gasteiger partial charge on any atom is -0.494 e. The lowest BCUT2D eigenvalue weighted by molar-refractivity contribution is 0.340. The van der Waals surface area contributed by atoms with Gasteiger partial charge >= 0.3 is 0 Å². The normalized spacial score (nSPS) is 14.0. The zero-order valence-corrected chi connectivity index (χ0v) is 12.9. The van der Waals surface area contributed by atoms with Crippen LogP contribution in [0.15, 0.2) is 24.3 Å². The maximum Gasteiger partial charge on any atom is 0.119 e. The number of aryl methyl sites for hydroxylation is 1. The van der Waals surface area contributed by atoms with E-state index in [0.717, 1.165) is 38.1 Å². The number of benzene rings is 1. The third kappa shape index (κ3) is 2.81. The summed E-state index contributed by atoms with van der Waals surface area (Å²) >= 11 is 0. The summed E-state index contributed by atoms with van der Waals surface area (Å²) in [5, 5.41) is 3.41. The summed E-state index contributed by atoms with van der Waals surface area (Å²) in [6, 6.07) is 8.35. The fraction of sp³-hybridized carbons (Fsp3) is 0.471. The summed E-state index contributed by atoms with van der Waals surface area (Å²) in [5.41, 5.74) is 3.76. The monoisotopic (exact) mass is 285 g/mol. The topological polar surface area (TPSA) is 39.1 Å². The Morgan fingerprint density at radius 1 is 1.24 bits per heavy atom. The number of hydrogen-bond acceptors (Lipinski definition) is 3. The second-order valence-electron chi connectivity index (χ2n) is 5.36. The first-order valence-corrected chi connectivity index (χ1v) is 7.86. The van der Waals surface area contributed by atoms with E-state index in [0.29, 0.717) is 6.61 Å². The van der Waals surface area contributed by atoms with Crippen molar-refractivity contribution >= 4 is 0 Å². The Morgan fingerprint density at radius 3 is 2.76 bits per heavy atom. The van der Waals surface area contributed by atoms with Crippen molar-refractivity contribution in [3.63, 3.8) is 0 Å². The van der Waals surface area contributed by atoms with Gasteiger partial charge in [0.15, 0.2) is 0 Å². The van der Waals surface area contributed by atoms with Crippen LogP contribution < -0.4 is 10.1 Å². The lowest BCUT2D eigenvalue weighted by Gasteiger charge is -2.16. The van der Waals surface area contributed by atoms with Crippen LogP contribution in [0.5, 0.6) is 5.75 Å². The Kier molecular flexibility index (Phi) is 4.25. The summed E-state index contributed by atoms with van der Waals surface area (Å²) in [6.07, 6.45) is 3.17. The van der Waals surface area contributed by atoms with E-state index in [2.05, 4.69) is 28.9 Å². The van der Waals surface area contributed by atoms with E-state index in [1.54, 1.807) is 0 Å². The molecule has 1 aliphatic rings. The molecule has 21 heavy (non-hydrogen) atoms. The van der Waals surface area contributed by atoms with Crippen LogP contribution in [0, 0.1) is 0 Å². The molecule has 0 bridgehead atoms. The number of nitrogens with zero attached hydrogens (tertiary/aromatic N) is 2. The number of aromatic nitrogens is 2. The SMILES string of the molecule is CCCc1nc2c(n1-c1ccc(OCC)cc1)CCNC2. The summed E-state index contributed by atoms with van der Waals surface area (Å²) in [6.45, 7) is 6.82. The van der Waals surface area contributed by atoms with Gasteiger partial charge in [0.1, 0.15) is 11.6 Å². The van der Waals surface area contributed by atoms with E-state index < -0.39 is 0 Å². The molecule has 2 aromatic rings. The molecule has 0 aliphatic carbocycles. The fourth-order valence-corrected chi connectivity index (χ4v) is 2.92. The highest BCUT2D eigenvalue weighted by Gasteiger charge is 2.20. The molecule has 0 radical (unpaired) electrons. The molecule has 0 spiro atoms. The molecule has 0 amide bonds. The number of nitrogens with one attached hydrogen (secondary N) is 1. The molecule has 1 aliphatic heterocycles. The number of rotatable bonds is 5. The van der Waals surface area contributed by atoms with Gasteiger partial charge in [-0.1, -0.05) is 6.92 Å². The van der Waals surface area contributed by atoms with Crippen LogP contribution >= 0.6 is 0 Å². The highest BCUT2D eigenvalue weighted by Crippen LogP contribution is 2.24. The van der Waals surface area contributed by atoms with E-state index in [4.69, 9.17) is 9.72 Å². The Labute approximate surface area is 126 Å². The minimum atomic E-state index is 0.701. The van der Waals surface area contributed by atoms with Crippen molar-refractivity contribution in [1.82, 2.24) is 14.9 Å². The van der Waals surface area contributed by atoms with Crippen LogP contribution in [0.2, 0.25) is 0 Å². The summed E-state index contributed by atoms with van der Waals surface area (Å²) in [7, 11) is 0. The largest absolute Gasteiger partial charge is 0.494 e. The first-order chi connectivity index (χ1) is 10.3. The molecule has 0 fully saturated rings. The highest BCUT2D eigenvalue weighted by molar-refractivity contribution is 5.42. The molecule has 2 heterocycles. The van der Waals surface area contributed by atoms with Crippen LogP contribution in [-0.4, -0.2) is 22.7 Å². The third-order valence-electron chi connectivity index (χ3n) is 3.84. The quantitative estimate of drug-likeness (QED) is 0.918. The molecule has 4 heteroatoms. The Morgan fingerprint density at radius 2 is 2.05 bits per heavy atom. The van der Waals surface area contributed by atoms with Gasteiger partial charge in [-0.05, 0) is 37.6 Å². The molecule has 1 aromatic carbocycles. The second kappa shape index (κ2) is 6.31. The van der Waals surface area contributed by atoms with Gasteiger partial charge in [0.2, 0.25) is 0 Å². The lowest BCUT2D eigenvalue weighted by atomic mass is 10.1. The van der Waals surface area contributed by atoms with Gasteiger partial charge in [-0.2, -0.15) is 0 Å². The van der Waals surface area contributed by atoms with Crippen molar-refractivity contribution in [2.24, 2.45) is 0 Å². The third-order valence-corrected chi connectivity index (χ3v) is 3.84. The Hall–Kier alpha value is -1.81. The van der Waals surface area contributed by atoms with Crippen LogP contribution in [0.4, 0.5) is 0 Å². The van der Waals surface area contributed by atoms with Gasteiger partial charge in [0, 0.05) is 37.3 Å². The number of hydrogen-bond donors (Lipinski definition) is 1. The average molecular weight is 285 g/mol. The molecule has 0 unspecified atom stereocenters. The lowest BCUT2D eigenvalue weighted by Crippen LogP contribution is -2.24. The molecule has 0 atom stereocenters. The van der Waals surface area contributed by atoms with Crippen molar-refractivity contribution in [1.29, 1.82) is 0 Å². The first-order valence-electron chi connectivity index (χ1n) is 7.86. The van der Waals surface area contributed by atoms with Crippen molar-refractivity contribution in [3.05, 3.63) is 41.5 Å². The summed E-state index contributed by atoms with van der Waals surface area (Å²) in [5.74, 6) is 2.10. The van der Waals surface area contributed by atoms with Crippen molar-refractivity contribution in [2.45, 2.75) is 39.7 Å². The fourth-order valence-electron chi connectivity index (χ4n) is 2.92. The summed E-state index contributed by atoms with van der Waals surface area (Å²) < 4.78 is 7.88. The second-order valence-corrected chi connectivity index (χ2v) is 5.36. The van der Waals surface area contributed by atoms with E-state index in [-0.39, 0.29) is 0 Å². The number of ether oxygens (including phenoxy) is 1. The van der Waals surface area contributed by atoms with Gasteiger partial charge in [0.05, 0.1) is 12.3 Å². The summed E-state index contributed by atoms with van der Waals surface area (Å²) in [4.78, 5) is 4.84. The maximum absolute atomic E-state index is 5.53. The van der Waals surface area contributed by atoms with Gasteiger partial charge < -0.3 is 14.6 Å². The Balaban J connectivity index is 2.01. The molecule has 4 nitrogen and oxygen atoms in total. The smallest absolute Gasteiger partial charge is 0.119 e. The van der Waals surface area contributed by atoms with Gasteiger partial charge in [-0.3, -0.25) is 0 Å². The van der Waals surface area contributed by atoms with E-state index in [1.807, 2.05) is 19.1 Å². The molecular weight excluding hydrogens is 262 g/mol. The molecule has 0 saturated carbocycles. The Bertz CT molecular complexity index is 601. The zero-order valence-electron chi connectivity index (χ0n) is 12.9. The van der Waals surface area contributed by atoms with E-state index in [9.17, 15) is 0 Å². The van der Waals surface area contributed by atoms with E-state index in [1.165, 1.54) is 22.9 Å². The maximum atomic E-state index is 5.53. The minimum absolute atomic E-state index is 0.701. The molecule has 1 N–H and O–H groups in total. The molecule has 112 valence electrons. The van der Waals surface area contributed by atoms with Crippen molar-refractivity contribution in [3.8, 4) is 11.4 Å². The standard InChI is InChI=1S/C17H23N3O/c1-3-5-17-19-15-12-18-11-10-16(15)20(17)13-6-8-14(9-7-13)21-4-2/h6-9,18H,3-5,10-12H2,1-2H3. The van der Waals surface area contributed by atoms with Crippen LogP contribution in [0.1, 0.15) is 37.5 Å². The molecular formula is C17H23N3O. The van der Waals surface area contributed by atoms with Crippen molar-refractivity contribution < 1.29 is 4.74 Å². The predicted molar refractivity (Wildman–Crippen MR) is 84.1 cm³/mol. The number of imidazole rings is 1. The highest BCUT2D eigenvalue weighted by atomic mass is 16.5. The molecule has 3 rings (SSSR count). The van der Waals surface area contributed by atoms with Crippen LogP contribution in [0.3, 0.4) is 0 Å². The van der Waals surface area contributed by atoms with E-state index >= 15 is 0 Å².